The molecule has 0 unspecified atom stereocenters. The molecular formula is C29H21F3N6O2S. The van der Waals surface area contributed by atoms with Crippen LogP contribution in [0.15, 0.2) is 84.4 Å². The highest BCUT2D eigenvalue weighted by Gasteiger charge is 2.32. The molecule has 0 bridgehead atoms. The Hall–Kier alpha value is -4.71. The van der Waals surface area contributed by atoms with Crippen molar-refractivity contribution in [2.24, 2.45) is 4.99 Å². The van der Waals surface area contributed by atoms with E-state index in [2.05, 4.69) is 24.7 Å². The number of amidine groups is 1. The lowest BCUT2D eigenvalue weighted by atomic mass is 10.1. The number of fused-ring (bicyclic) bond motifs is 1. The molecule has 3 heterocycles. The van der Waals surface area contributed by atoms with Crippen molar-refractivity contribution in [3.05, 3.63) is 90.5 Å². The Morgan fingerprint density at radius 1 is 1.00 bits per heavy atom. The van der Waals surface area contributed by atoms with Gasteiger partial charge in [-0.1, -0.05) is 36.0 Å². The molecule has 1 fully saturated rings. The first-order chi connectivity index (χ1) is 19.6. The van der Waals surface area contributed by atoms with E-state index in [-0.39, 0.29) is 17.6 Å². The number of carbonyl (C=O) groups excluding carboxylic acids is 1. The van der Waals surface area contributed by atoms with Crippen LogP contribution in [-0.2, 0) is 4.79 Å². The van der Waals surface area contributed by atoms with Crippen LogP contribution in [0.4, 0.5) is 24.8 Å². The molecule has 206 valence electrons. The molecule has 1 aliphatic heterocycles. The molecule has 1 amide bonds. The molecule has 0 saturated carbocycles. The second-order valence-corrected chi connectivity index (χ2v) is 10.2. The number of anilines is 1. The molecule has 0 spiro atoms. The molecule has 1 aliphatic rings. The fraction of sp³-hybridized carbons (Fsp3) is 0.138. The maximum absolute atomic E-state index is 12.8. The van der Waals surface area contributed by atoms with Crippen molar-refractivity contribution in [3.63, 3.8) is 0 Å². The number of rotatable bonds is 5. The minimum absolute atomic E-state index is 0.0402. The van der Waals surface area contributed by atoms with Gasteiger partial charge in [-0.2, -0.15) is 4.99 Å². The van der Waals surface area contributed by atoms with E-state index in [9.17, 15) is 18.0 Å². The smallest absolute Gasteiger partial charge is 0.406 e. The van der Waals surface area contributed by atoms with Gasteiger partial charge in [0.15, 0.2) is 5.17 Å². The molecule has 0 atom stereocenters. The van der Waals surface area contributed by atoms with E-state index < -0.39 is 6.36 Å². The molecule has 6 rings (SSSR count). The fourth-order valence-corrected chi connectivity index (χ4v) is 5.43. The van der Waals surface area contributed by atoms with Gasteiger partial charge < -0.3 is 9.30 Å². The largest absolute Gasteiger partial charge is 0.573 e. The van der Waals surface area contributed by atoms with E-state index in [4.69, 9.17) is 0 Å². The van der Waals surface area contributed by atoms with Gasteiger partial charge in [-0.3, -0.25) is 9.69 Å². The van der Waals surface area contributed by atoms with Crippen molar-refractivity contribution in [1.82, 2.24) is 19.5 Å². The normalized spacial score (nSPS) is 14.8. The topological polar surface area (TPSA) is 85.5 Å². The number of hydrogen-bond donors (Lipinski definition) is 0. The number of aromatic nitrogens is 4. The number of thioether (sulfide) groups is 1. The number of aliphatic imine (C=N–C) groups is 1. The van der Waals surface area contributed by atoms with Crippen molar-refractivity contribution >= 4 is 45.4 Å². The predicted molar refractivity (Wildman–Crippen MR) is 152 cm³/mol. The van der Waals surface area contributed by atoms with Crippen LogP contribution in [0.1, 0.15) is 11.1 Å². The molecule has 0 aliphatic carbocycles. The van der Waals surface area contributed by atoms with Crippen LogP contribution >= 0.6 is 11.8 Å². The zero-order chi connectivity index (χ0) is 28.7. The van der Waals surface area contributed by atoms with Gasteiger partial charge >= 0.3 is 6.36 Å². The van der Waals surface area contributed by atoms with Crippen LogP contribution in [0.2, 0.25) is 0 Å². The number of para-hydroxylation sites is 1. The molecule has 12 heteroatoms. The van der Waals surface area contributed by atoms with Crippen molar-refractivity contribution in [2.45, 2.75) is 20.2 Å². The number of nitrogens with zero attached hydrogens (tertiary/aromatic N) is 6. The minimum atomic E-state index is -4.74. The van der Waals surface area contributed by atoms with Crippen molar-refractivity contribution < 1.29 is 22.7 Å². The summed E-state index contributed by atoms with van der Waals surface area (Å²) in [7, 11) is 0. The highest BCUT2D eigenvalue weighted by atomic mass is 32.2. The number of halogens is 3. The van der Waals surface area contributed by atoms with Gasteiger partial charge in [0, 0.05) is 29.0 Å². The number of alkyl halides is 3. The SMILES string of the molecule is Cc1cccc(C)c1N1C(=O)CS/C1=N\c1ncc2cc(-c3cn(-c4ccc(OC(F)(F)F)cc4)cn3)ccc2n1. The third-order valence-electron chi connectivity index (χ3n) is 6.44. The zero-order valence-corrected chi connectivity index (χ0v) is 22.6. The standard InChI is InChI=1S/C29H21F3N6O2S/c1-17-4-3-5-18(2)26(17)38-25(39)15-41-28(38)36-27-33-13-20-12-19(6-11-23(20)35-27)24-14-37(16-34-24)21-7-9-22(10-8-21)40-29(30,31)32/h3-14,16H,15H2,1-2H3/b36-28-. The third-order valence-corrected chi connectivity index (χ3v) is 7.36. The monoisotopic (exact) mass is 574 g/mol. The van der Waals surface area contributed by atoms with Crippen LogP contribution in [0.5, 0.6) is 5.75 Å². The summed E-state index contributed by atoms with van der Waals surface area (Å²) in [6, 6.07) is 17.0. The van der Waals surface area contributed by atoms with E-state index in [1.54, 1.807) is 28.2 Å². The van der Waals surface area contributed by atoms with Crippen LogP contribution in [0.3, 0.4) is 0 Å². The van der Waals surface area contributed by atoms with E-state index in [1.165, 1.54) is 36.0 Å². The Kier molecular flexibility index (Phi) is 6.70. The number of benzene rings is 3. The lowest BCUT2D eigenvalue weighted by molar-refractivity contribution is -0.274. The van der Waals surface area contributed by atoms with Gasteiger partial charge in [0.2, 0.25) is 5.91 Å². The third kappa shape index (κ3) is 5.50. The highest BCUT2D eigenvalue weighted by Crippen LogP contribution is 2.33. The van der Waals surface area contributed by atoms with Crippen LogP contribution in [0, 0.1) is 13.8 Å². The highest BCUT2D eigenvalue weighted by molar-refractivity contribution is 8.15. The molecular weight excluding hydrogens is 553 g/mol. The summed E-state index contributed by atoms with van der Waals surface area (Å²) in [5, 5.41) is 1.31. The molecule has 41 heavy (non-hydrogen) atoms. The first-order valence-corrected chi connectivity index (χ1v) is 13.4. The van der Waals surface area contributed by atoms with E-state index in [1.807, 2.05) is 50.2 Å². The van der Waals surface area contributed by atoms with Crippen molar-refractivity contribution in [3.8, 4) is 22.7 Å². The summed E-state index contributed by atoms with van der Waals surface area (Å²) >= 11 is 1.35. The average molecular weight is 575 g/mol. The Balaban J connectivity index is 1.25. The maximum atomic E-state index is 12.8. The molecule has 0 N–H and O–H groups in total. The van der Waals surface area contributed by atoms with Gasteiger partial charge in [0.25, 0.3) is 5.95 Å². The fourth-order valence-electron chi connectivity index (χ4n) is 4.58. The van der Waals surface area contributed by atoms with Gasteiger partial charge in [0.1, 0.15) is 5.75 Å². The quantitative estimate of drug-likeness (QED) is 0.230. The van der Waals surface area contributed by atoms with Crippen LogP contribution in [-0.4, -0.2) is 42.7 Å². The van der Waals surface area contributed by atoms with Gasteiger partial charge in [0.05, 0.1) is 29.0 Å². The van der Waals surface area contributed by atoms with E-state index >= 15 is 0 Å². The molecule has 8 nitrogen and oxygen atoms in total. The number of aryl methyl sites for hydroxylation is 2. The van der Waals surface area contributed by atoms with Crippen LogP contribution < -0.4 is 9.64 Å². The second kappa shape index (κ2) is 10.4. The van der Waals surface area contributed by atoms with Gasteiger partial charge in [-0.05, 0) is 61.4 Å². The summed E-state index contributed by atoms with van der Waals surface area (Å²) in [5.74, 6) is 0.209. The Bertz CT molecular complexity index is 1800. The first-order valence-electron chi connectivity index (χ1n) is 12.4. The number of amides is 1. The minimum Gasteiger partial charge on any atom is -0.406 e. The molecule has 2 aromatic heterocycles. The summed E-state index contributed by atoms with van der Waals surface area (Å²) in [5.41, 5.74) is 5.58. The lowest BCUT2D eigenvalue weighted by Crippen LogP contribution is -2.30. The zero-order valence-electron chi connectivity index (χ0n) is 21.8. The van der Waals surface area contributed by atoms with E-state index in [0.717, 1.165) is 27.8 Å². The Labute approximate surface area is 236 Å². The Morgan fingerprint density at radius 3 is 2.49 bits per heavy atom. The first kappa shape index (κ1) is 26.5. The van der Waals surface area contributed by atoms with Crippen molar-refractivity contribution in [1.29, 1.82) is 0 Å². The molecule has 5 aromatic rings. The van der Waals surface area contributed by atoms with Gasteiger partial charge in [-0.15, -0.1) is 13.2 Å². The van der Waals surface area contributed by atoms with Crippen LogP contribution in [0.25, 0.3) is 27.8 Å². The van der Waals surface area contributed by atoms with Crippen molar-refractivity contribution in [2.75, 3.05) is 10.7 Å². The predicted octanol–water partition coefficient (Wildman–Crippen LogP) is 6.77. The molecule has 0 radical (unpaired) electrons. The summed E-state index contributed by atoms with van der Waals surface area (Å²) in [6.07, 6.45) is 0.286. The summed E-state index contributed by atoms with van der Waals surface area (Å²) in [4.78, 5) is 32.5. The summed E-state index contributed by atoms with van der Waals surface area (Å²) < 4.78 is 42.9. The van der Waals surface area contributed by atoms with Gasteiger partial charge in [-0.25, -0.2) is 15.0 Å². The molecule has 1 saturated heterocycles. The average Bonchev–Trinajstić information content (AvgIpc) is 3.56. The molecule has 3 aromatic carbocycles. The number of ether oxygens (including phenoxy) is 1. The lowest BCUT2D eigenvalue weighted by Gasteiger charge is -2.20. The number of imidazole rings is 1. The Morgan fingerprint density at radius 2 is 1.76 bits per heavy atom. The second-order valence-electron chi connectivity index (χ2n) is 9.30. The maximum Gasteiger partial charge on any atom is 0.573 e. The number of carbonyl (C=O) groups is 1. The summed E-state index contributed by atoms with van der Waals surface area (Å²) in [6.45, 7) is 3.93. The number of hydrogen-bond acceptors (Lipinski definition) is 7. The van der Waals surface area contributed by atoms with E-state index in [0.29, 0.717) is 27.8 Å².